The summed E-state index contributed by atoms with van der Waals surface area (Å²) in [6, 6.07) is 13.2. The Balaban J connectivity index is 1.34. The Labute approximate surface area is 193 Å². The monoisotopic (exact) mass is 480 g/mol. The number of rotatable bonds is 5. The lowest BCUT2D eigenvalue weighted by molar-refractivity contribution is -0.127. The van der Waals surface area contributed by atoms with Gasteiger partial charge in [0.05, 0.1) is 21.8 Å². The Morgan fingerprint density at radius 3 is 2.52 bits per heavy atom. The molecule has 1 aliphatic carbocycles. The van der Waals surface area contributed by atoms with Crippen LogP contribution in [-0.2, 0) is 27.0 Å². The fourth-order valence-electron chi connectivity index (χ4n) is 4.52. The number of hydrogen-bond donors (Lipinski definition) is 1. The molecule has 4 rings (SSSR count). The van der Waals surface area contributed by atoms with E-state index in [0.29, 0.717) is 41.5 Å². The van der Waals surface area contributed by atoms with Gasteiger partial charge in [-0.3, -0.25) is 4.79 Å². The SMILES string of the molecule is O=C(N[C@@H]1CCCc2ccccc21)C1CCN(S(=O)(=O)Cc2ccc(Cl)c(Cl)c2)CC1. The number of fused-ring (bicyclic) bond motifs is 1. The van der Waals surface area contributed by atoms with Gasteiger partial charge < -0.3 is 5.32 Å². The van der Waals surface area contributed by atoms with Crippen molar-refractivity contribution in [2.24, 2.45) is 5.92 Å². The molecule has 31 heavy (non-hydrogen) atoms. The van der Waals surface area contributed by atoms with Crippen LogP contribution in [0.1, 0.15) is 48.4 Å². The fourth-order valence-corrected chi connectivity index (χ4v) is 6.39. The summed E-state index contributed by atoms with van der Waals surface area (Å²) in [5.74, 6) is -0.256. The highest BCUT2D eigenvalue weighted by atomic mass is 35.5. The molecule has 8 heteroatoms. The van der Waals surface area contributed by atoms with Crippen molar-refractivity contribution in [2.45, 2.75) is 43.9 Å². The predicted octanol–water partition coefficient (Wildman–Crippen LogP) is 4.73. The van der Waals surface area contributed by atoms with E-state index >= 15 is 0 Å². The van der Waals surface area contributed by atoms with Crippen molar-refractivity contribution in [3.63, 3.8) is 0 Å². The maximum atomic E-state index is 12.9. The van der Waals surface area contributed by atoms with E-state index in [4.69, 9.17) is 23.2 Å². The standard InChI is InChI=1S/C23H26Cl2N2O3S/c24-20-9-8-16(14-21(20)25)15-31(29,30)27-12-10-18(11-13-27)23(28)26-22-7-3-5-17-4-1-2-6-19(17)22/h1-2,4,6,8-9,14,18,22H,3,5,7,10-13,15H2,(H,26,28)/t22-/m1/s1. The number of carbonyl (C=O) groups excluding carboxylic acids is 1. The third-order valence-electron chi connectivity index (χ3n) is 6.24. The zero-order valence-electron chi connectivity index (χ0n) is 17.2. The highest BCUT2D eigenvalue weighted by Gasteiger charge is 2.32. The minimum atomic E-state index is -3.48. The van der Waals surface area contributed by atoms with E-state index in [0.717, 1.165) is 19.3 Å². The van der Waals surface area contributed by atoms with E-state index in [1.54, 1.807) is 18.2 Å². The first kappa shape index (κ1) is 22.6. The minimum Gasteiger partial charge on any atom is -0.349 e. The second-order valence-corrected chi connectivity index (χ2v) is 11.1. The maximum absolute atomic E-state index is 12.9. The number of nitrogens with zero attached hydrogens (tertiary/aromatic N) is 1. The number of carbonyl (C=O) groups is 1. The molecule has 0 unspecified atom stereocenters. The molecule has 1 saturated heterocycles. The van der Waals surface area contributed by atoms with Gasteiger partial charge in [-0.2, -0.15) is 0 Å². The van der Waals surface area contributed by atoms with Gasteiger partial charge in [-0.15, -0.1) is 0 Å². The molecule has 1 heterocycles. The van der Waals surface area contributed by atoms with Gasteiger partial charge in [0.1, 0.15) is 0 Å². The number of aryl methyl sites for hydroxylation is 1. The van der Waals surface area contributed by atoms with E-state index in [1.807, 2.05) is 12.1 Å². The van der Waals surface area contributed by atoms with E-state index in [-0.39, 0.29) is 23.6 Å². The molecule has 1 atom stereocenters. The van der Waals surface area contributed by atoms with Crippen LogP contribution in [-0.4, -0.2) is 31.7 Å². The zero-order chi connectivity index (χ0) is 22.0. The summed E-state index contributed by atoms with van der Waals surface area (Å²) in [5, 5.41) is 3.96. The number of benzene rings is 2. The molecule has 2 aliphatic rings. The number of sulfonamides is 1. The Morgan fingerprint density at radius 2 is 1.77 bits per heavy atom. The van der Waals surface area contributed by atoms with Crippen molar-refractivity contribution in [3.8, 4) is 0 Å². The first-order valence-electron chi connectivity index (χ1n) is 10.6. The molecule has 1 aliphatic heterocycles. The molecular formula is C23H26Cl2N2O3S. The van der Waals surface area contributed by atoms with Crippen LogP contribution in [0.4, 0.5) is 0 Å². The van der Waals surface area contributed by atoms with Crippen LogP contribution in [0.5, 0.6) is 0 Å². The summed E-state index contributed by atoms with van der Waals surface area (Å²) >= 11 is 11.9. The summed E-state index contributed by atoms with van der Waals surface area (Å²) in [5.41, 5.74) is 3.12. The largest absolute Gasteiger partial charge is 0.349 e. The minimum absolute atomic E-state index is 0.0308. The summed E-state index contributed by atoms with van der Waals surface area (Å²) in [6.07, 6.45) is 4.12. The topological polar surface area (TPSA) is 66.5 Å². The zero-order valence-corrected chi connectivity index (χ0v) is 19.5. The van der Waals surface area contributed by atoms with Gasteiger partial charge in [0.15, 0.2) is 0 Å². The van der Waals surface area contributed by atoms with Crippen LogP contribution in [0.2, 0.25) is 10.0 Å². The number of amides is 1. The van der Waals surface area contributed by atoms with Gasteiger partial charge >= 0.3 is 0 Å². The van der Waals surface area contributed by atoms with Crippen molar-refractivity contribution < 1.29 is 13.2 Å². The Bertz CT molecular complexity index is 1070. The maximum Gasteiger partial charge on any atom is 0.223 e. The van der Waals surface area contributed by atoms with Crippen molar-refractivity contribution in [2.75, 3.05) is 13.1 Å². The lowest BCUT2D eigenvalue weighted by atomic mass is 9.87. The van der Waals surface area contributed by atoms with Crippen molar-refractivity contribution >= 4 is 39.1 Å². The van der Waals surface area contributed by atoms with Gasteiger partial charge in [-0.05, 0) is 60.9 Å². The van der Waals surface area contributed by atoms with Crippen molar-refractivity contribution in [1.82, 2.24) is 9.62 Å². The molecule has 5 nitrogen and oxygen atoms in total. The molecule has 166 valence electrons. The molecule has 0 aromatic heterocycles. The molecule has 0 spiro atoms. The Morgan fingerprint density at radius 1 is 1.03 bits per heavy atom. The summed E-state index contributed by atoms with van der Waals surface area (Å²) in [4.78, 5) is 12.9. The van der Waals surface area contributed by atoms with Crippen LogP contribution >= 0.6 is 23.2 Å². The molecule has 0 saturated carbocycles. The number of nitrogens with one attached hydrogen (secondary N) is 1. The highest BCUT2D eigenvalue weighted by molar-refractivity contribution is 7.88. The first-order chi connectivity index (χ1) is 14.8. The van der Waals surface area contributed by atoms with E-state index < -0.39 is 10.0 Å². The average Bonchev–Trinajstić information content (AvgIpc) is 2.76. The van der Waals surface area contributed by atoms with Gasteiger partial charge in [-0.25, -0.2) is 12.7 Å². The van der Waals surface area contributed by atoms with E-state index in [2.05, 4.69) is 17.4 Å². The molecular weight excluding hydrogens is 455 g/mol. The fraction of sp³-hybridized carbons (Fsp3) is 0.435. The molecule has 2 aromatic carbocycles. The summed E-state index contributed by atoms with van der Waals surface area (Å²) < 4.78 is 27.1. The average molecular weight is 481 g/mol. The second kappa shape index (κ2) is 9.49. The van der Waals surface area contributed by atoms with Crippen LogP contribution in [0.15, 0.2) is 42.5 Å². The smallest absolute Gasteiger partial charge is 0.223 e. The predicted molar refractivity (Wildman–Crippen MR) is 124 cm³/mol. The third-order valence-corrected chi connectivity index (χ3v) is 8.83. The second-order valence-electron chi connectivity index (χ2n) is 8.33. The number of hydrogen-bond acceptors (Lipinski definition) is 3. The van der Waals surface area contributed by atoms with E-state index in [9.17, 15) is 13.2 Å². The van der Waals surface area contributed by atoms with Crippen LogP contribution in [0, 0.1) is 5.92 Å². The molecule has 1 N–H and O–H groups in total. The van der Waals surface area contributed by atoms with Crippen molar-refractivity contribution in [1.29, 1.82) is 0 Å². The lowest BCUT2D eigenvalue weighted by Crippen LogP contribution is -2.44. The summed E-state index contributed by atoms with van der Waals surface area (Å²) in [6.45, 7) is 0.700. The highest BCUT2D eigenvalue weighted by Crippen LogP contribution is 2.31. The van der Waals surface area contributed by atoms with Gasteiger partial charge in [-0.1, -0.05) is 53.5 Å². The molecule has 0 radical (unpaired) electrons. The first-order valence-corrected chi connectivity index (χ1v) is 13.0. The van der Waals surface area contributed by atoms with Crippen LogP contribution < -0.4 is 5.32 Å². The normalized spacial score (nSPS) is 20.3. The van der Waals surface area contributed by atoms with Gasteiger partial charge in [0.2, 0.25) is 15.9 Å². The third kappa shape index (κ3) is 5.25. The number of halogens is 2. The lowest BCUT2D eigenvalue weighted by Gasteiger charge is -2.32. The van der Waals surface area contributed by atoms with Crippen LogP contribution in [0.3, 0.4) is 0 Å². The summed E-state index contributed by atoms with van der Waals surface area (Å²) in [7, 11) is -3.48. The molecule has 0 bridgehead atoms. The van der Waals surface area contributed by atoms with Gasteiger partial charge in [0, 0.05) is 19.0 Å². The molecule has 1 amide bonds. The van der Waals surface area contributed by atoms with Gasteiger partial charge in [0.25, 0.3) is 0 Å². The Hall–Kier alpha value is -1.60. The van der Waals surface area contributed by atoms with Crippen LogP contribution in [0.25, 0.3) is 0 Å². The molecule has 1 fully saturated rings. The van der Waals surface area contributed by atoms with E-state index in [1.165, 1.54) is 15.4 Å². The molecule has 2 aromatic rings. The number of piperidine rings is 1. The van der Waals surface area contributed by atoms with Crippen molar-refractivity contribution in [3.05, 3.63) is 69.2 Å². The Kier molecular flexibility index (Phi) is 6.92. The quantitative estimate of drug-likeness (QED) is 0.672.